The van der Waals surface area contributed by atoms with E-state index in [9.17, 15) is 4.79 Å². The van der Waals surface area contributed by atoms with Crippen LogP contribution in [0, 0.1) is 6.92 Å². The molecular formula is C20H17N3O3. The number of aromatic nitrogens is 2. The van der Waals surface area contributed by atoms with Gasteiger partial charge in [-0.05, 0) is 50.2 Å². The molecule has 130 valence electrons. The molecule has 4 rings (SSSR count). The third-order valence-electron chi connectivity index (χ3n) is 4.14. The summed E-state index contributed by atoms with van der Waals surface area (Å²) in [4.78, 5) is 16.7. The second kappa shape index (κ2) is 6.48. The van der Waals surface area contributed by atoms with Crippen LogP contribution in [0.5, 0.6) is 0 Å². The average Bonchev–Trinajstić information content (AvgIpc) is 3.28. The highest BCUT2D eigenvalue weighted by Gasteiger charge is 2.16. The van der Waals surface area contributed by atoms with E-state index in [4.69, 9.17) is 8.94 Å². The molecule has 2 aromatic heterocycles. The van der Waals surface area contributed by atoms with Crippen LogP contribution in [-0.4, -0.2) is 16.0 Å². The van der Waals surface area contributed by atoms with E-state index in [1.54, 1.807) is 31.2 Å². The van der Waals surface area contributed by atoms with Gasteiger partial charge in [-0.3, -0.25) is 4.79 Å². The summed E-state index contributed by atoms with van der Waals surface area (Å²) in [6.45, 7) is 3.65. The van der Waals surface area contributed by atoms with E-state index in [0.29, 0.717) is 17.3 Å². The molecule has 1 N–H and O–H groups in total. The molecule has 0 fully saturated rings. The number of amides is 1. The Morgan fingerprint density at radius 3 is 2.58 bits per heavy atom. The molecule has 0 radical (unpaired) electrons. The molecule has 6 heteroatoms. The smallest absolute Gasteiger partial charge is 0.257 e. The predicted molar refractivity (Wildman–Crippen MR) is 96.6 cm³/mol. The van der Waals surface area contributed by atoms with Crippen molar-refractivity contribution in [2.45, 2.75) is 19.9 Å². The Kier molecular flexibility index (Phi) is 4.01. The molecule has 1 unspecified atom stereocenters. The molecule has 1 amide bonds. The Labute approximate surface area is 149 Å². The molecular weight excluding hydrogens is 330 g/mol. The van der Waals surface area contributed by atoms with Crippen molar-refractivity contribution in [2.75, 3.05) is 0 Å². The van der Waals surface area contributed by atoms with E-state index in [2.05, 4.69) is 15.5 Å². The van der Waals surface area contributed by atoms with Gasteiger partial charge < -0.3 is 14.3 Å². The lowest BCUT2D eigenvalue weighted by Gasteiger charge is -2.11. The highest BCUT2D eigenvalue weighted by molar-refractivity contribution is 5.94. The molecule has 2 heterocycles. The Bertz CT molecular complexity index is 1030. The monoisotopic (exact) mass is 347 g/mol. The molecule has 0 saturated carbocycles. The summed E-state index contributed by atoms with van der Waals surface area (Å²) in [5, 5.41) is 7.73. The summed E-state index contributed by atoms with van der Waals surface area (Å²) in [5.74, 6) is 1.55. The molecule has 2 aromatic carbocycles. The summed E-state index contributed by atoms with van der Waals surface area (Å²) in [7, 11) is 0. The Balaban J connectivity index is 1.48. The molecule has 4 aromatic rings. The number of hydrogen-bond acceptors (Lipinski definition) is 5. The Morgan fingerprint density at radius 2 is 1.88 bits per heavy atom. The van der Waals surface area contributed by atoms with Crippen molar-refractivity contribution in [1.29, 1.82) is 0 Å². The standard InChI is InChI=1S/C20H17N3O3/c1-12(18-11-16-5-3-4-6-17(16)25-18)21-19(24)14-7-9-15(10-8-14)20-22-13(2)23-26-20/h3-12H,1-2H3,(H,21,24). The normalized spacial score (nSPS) is 12.2. The number of carbonyl (C=O) groups is 1. The van der Waals surface area contributed by atoms with Gasteiger partial charge >= 0.3 is 0 Å². The number of nitrogens with zero attached hydrogens (tertiary/aromatic N) is 2. The average molecular weight is 347 g/mol. The lowest BCUT2D eigenvalue weighted by atomic mass is 10.1. The predicted octanol–water partition coefficient (Wildman–Crippen LogP) is 4.28. The van der Waals surface area contributed by atoms with Crippen LogP contribution in [-0.2, 0) is 0 Å². The van der Waals surface area contributed by atoms with E-state index in [1.165, 1.54) is 0 Å². The minimum Gasteiger partial charge on any atom is -0.459 e. The first-order valence-electron chi connectivity index (χ1n) is 8.30. The van der Waals surface area contributed by atoms with Gasteiger partial charge in [-0.1, -0.05) is 23.4 Å². The molecule has 1 atom stereocenters. The van der Waals surface area contributed by atoms with Gasteiger partial charge in [0.2, 0.25) is 0 Å². The number of rotatable bonds is 4. The van der Waals surface area contributed by atoms with Gasteiger partial charge in [-0.15, -0.1) is 0 Å². The second-order valence-electron chi connectivity index (χ2n) is 6.11. The largest absolute Gasteiger partial charge is 0.459 e. The van der Waals surface area contributed by atoms with Gasteiger partial charge in [0.1, 0.15) is 11.3 Å². The van der Waals surface area contributed by atoms with Crippen molar-refractivity contribution < 1.29 is 13.7 Å². The Hall–Kier alpha value is -3.41. The van der Waals surface area contributed by atoms with Gasteiger partial charge in [-0.2, -0.15) is 4.98 Å². The fourth-order valence-corrected chi connectivity index (χ4v) is 2.75. The number of benzene rings is 2. The number of aryl methyl sites for hydroxylation is 1. The zero-order valence-electron chi connectivity index (χ0n) is 14.4. The number of furan rings is 1. The fraction of sp³-hybridized carbons (Fsp3) is 0.150. The van der Waals surface area contributed by atoms with Crippen molar-refractivity contribution in [3.05, 3.63) is 71.7 Å². The lowest BCUT2D eigenvalue weighted by Crippen LogP contribution is -2.26. The first-order valence-corrected chi connectivity index (χ1v) is 8.30. The molecule has 0 aliphatic carbocycles. The topological polar surface area (TPSA) is 81.2 Å². The second-order valence-corrected chi connectivity index (χ2v) is 6.11. The van der Waals surface area contributed by atoms with Gasteiger partial charge in [0.25, 0.3) is 11.8 Å². The van der Waals surface area contributed by atoms with Crippen molar-refractivity contribution in [1.82, 2.24) is 15.5 Å². The maximum Gasteiger partial charge on any atom is 0.257 e. The molecule has 6 nitrogen and oxygen atoms in total. The summed E-state index contributed by atoms with van der Waals surface area (Å²) in [6.07, 6.45) is 0. The van der Waals surface area contributed by atoms with E-state index in [-0.39, 0.29) is 11.9 Å². The van der Waals surface area contributed by atoms with Gasteiger partial charge in [0, 0.05) is 16.5 Å². The minimum absolute atomic E-state index is 0.175. The third kappa shape index (κ3) is 3.09. The molecule has 0 spiro atoms. The number of fused-ring (bicyclic) bond motifs is 1. The summed E-state index contributed by atoms with van der Waals surface area (Å²) in [5.41, 5.74) is 2.13. The molecule has 0 aliphatic heterocycles. The van der Waals surface area contributed by atoms with Gasteiger partial charge in [0.05, 0.1) is 6.04 Å². The Morgan fingerprint density at radius 1 is 1.12 bits per heavy atom. The zero-order valence-corrected chi connectivity index (χ0v) is 14.4. The number of carbonyl (C=O) groups excluding carboxylic acids is 1. The minimum atomic E-state index is -0.242. The quantitative estimate of drug-likeness (QED) is 0.596. The maximum atomic E-state index is 12.5. The van der Waals surface area contributed by atoms with Crippen LogP contribution in [0.3, 0.4) is 0 Å². The molecule has 0 bridgehead atoms. The first-order chi connectivity index (χ1) is 12.6. The van der Waals surface area contributed by atoms with E-state index in [1.807, 2.05) is 37.3 Å². The number of para-hydroxylation sites is 1. The van der Waals surface area contributed by atoms with Crippen molar-refractivity contribution in [3.8, 4) is 11.5 Å². The van der Waals surface area contributed by atoms with E-state index < -0.39 is 0 Å². The van der Waals surface area contributed by atoms with Crippen LogP contribution < -0.4 is 5.32 Å². The van der Waals surface area contributed by atoms with Crippen LogP contribution in [0.1, 0.15) is 34.9 Å². The summed E-state index contributed by atoms with van der Waals surface area (Å²) >= 11 is 0. The molecule has 0 aliphatic rings. The van der Waals surface area contributed by atoms with Crippen molar-refractivity contribution >= 4 is 16.9 Å². The van der Waals surface area contributed by atoms with E-state index in [0.717, 1.165) is 22.3 Å². The zero-order chi connectivity index (χ0) is 18.1. The molecule has 0 saturated heterocycles. The van der Waals surface area contributed by atoms with Crippen molar-refractivity contribution in [2.24, 2.45) is 0 Å². The first kappa shape index (κ1) is 16.1. The lowest BCUT2D eigenvalue weighted by molar-refractivity contribution is 0.0935. The van der Waals surface area contributed by atoms with Crippen LogP contribution in [0.2, 0.25) is 0 Å². The van der Waals surface area contributed by atoms with Gasteiger partial charge in [-0.25, -0.2) is 0 Å². The highest BCUT2D eigenvalue weighted by atomic mass is 16.5. The van der Waals surface area contributed by atoms with E-state index >= 15 is 0 Å². The van der Waals surface area contributed by atoms with Crippen molar-refractivity contribution in [3.63, 3.8) is 0 Å². The SMILES string of the molecule is Cc1noc(-c2ccc(C(=O)NC(C)c3cc4ccccc4o3)cc2)n1. The molecule has 26 heavy (non-hydrogen) atoms. The maximum absolute atomic E-state index is 12.5. The summed E-state index contributed by atoms with van der Waals surface area (Å²) < 4.78 is 10.9. The summed E-state index contributed by atoms with van der Waals surface area (Å²) in [6, 6.07) is 16.5. The van der Waals surface area contributed by atoms with Crippen LogP contribution in [0.4, 0.5) is 0 Å². The third-order valence-corrected chi connectivity index (χ3v) is 4.14. The fourth-order valence-electron chi connectivity index (χ4n) is 2.75. The van der Waals surface area contributed by atoms with Crippen LogP contribution >= 0.6 is 0 Å². The van der Waals surface area contributed by atoms with Gasteiger partial charge in [0.15, 0.2) is 5.82 Å². The van der Waals surface area contributed by atoms with Crippen LogP contribution in [0.25, 0.3) is 22.4 Å². The number of hydrogen-bond donors (Lipinski definition) is 1. The van der Waals surface area contributed by atoms with Crippen LogP contribution in [0.15, 0.2) is 63.5 Å². The highest BCUT2D eigenvalue weighted by Crippen LogP contribution is 2.24. The number of nitrogens with one attached hydrogen (secondary N) is 1.